The highest BCUT2D eigenvalue weighted by Crippen LogP contribution is 2.17. The summed E-state index contributed by atoms with van der Waals surface area (Å²) < 4.78 is 5.56. The molecule has 2 N–H and O–H groups in total. The summed E-state index contributed by atoms with van der Waals surface area (Å²) in [4.78, 5) is 22.8. The van der Waals surface area contributed by atoms with Crippen LogP contribution in [0, 0.1) is 5.92 Å². The zero-order valence-corrected chi connectivity index (χ0v) is 12.9. The molecule has 5 nitrogen and oxygen atoms in total. The Balaban J connectivity index is 1.82. The molecule has 0 spiro atoms. The molecule has 0 saturated carbocycles. The van der Waals surface area contributed by atoms with Crippen LogP contribution in [0.3, 0.4) is 0 Å². The minimum Gasteiger partial charge on any atom is -0.481 e. The van der Waals surface area contributed by atoms with E-state index < -0.39 is 11.9 Å². The van der Waals surface area contributed by atoms with Gasteiger partial charge in [-0.05, 0) is 43.4 Å². The van der Waals surface area contributed by atoms with E-state index >= 15 is 0 Å². The van der Waals surface area contributed by atoms with E-state index in [9.17, 15) is 9.59 Å². The van der Waals surface area contributed by atoms with Gasteiger partial charge in [0.1, 0.15) is 0 Å². The molecular weight excluding hydrogens is 282 g/mol. The number of carbonyl (C=O) groups is 2. The Hall–Kier alpha value is -1.88. The lowest BCUT2D eigenvalue weighted by Gasteiger charge is -2.21. The van der Waals surface area contributed by atoms with Crippen molar-refractivity contribution in [1.29, 1.82) is 0 Å². The van der Waals surface area contributed by atoms with Gasteiger partial charge in [0, 0.05) is 12.3 Å². The molecule has 5 heteroatoms. The van der Waals surface area contributed by atoms with Gasteiger partial charge in [0.05, 0.1) is 18.4 Å². The second kappa shape index (κ2) is 7.94. The predicted octanol–water partition coefficient (Wildman–Crippen LogP) is 2.85. The summed E-state index contributed by atoms with van der Waals surface area (Å²) in [5, 5.41) is 11.8. The van der Waals surface area contributed by atoms with Gasteiger partial charge in [-0.1, -0.05) is 19.1 Å². The lowest BCUT2D eigenvalue weighted by atomic mass is 10.0. The third-order valence-electron chi connectivity index (χ3n) is 3.89. The lowest BCUT2D eigenvalue weighted by molar-refractivity contribution is -0.141. The summed E-state index contributed by atoms with van der Waals surface area (Å²) in [5.41, 5.74) is 1.68. The minimum absolute atomic E-state index is 0.0319. The van der Waals surface area contributed by atoms with Gasteiger partial charge in [0.2, 0.25) is 5.91 Å². The van der Waals surface area contributed by atoms with Crippen molar-refractivity contribution in [3.63, 3.8) is 0 Å². The van der Waals surface area contributed by atoms with E-state index in [4.69, 9.17) is 9.84 Å². The molecule has 1 aromatic carbocycles. The average Bonchev–Trinajstić information content (AvgIpc) is 2.50. The van der Waals surface area contributed by atoms with Crippen molar-refractivity contribution in [2.75, 3.05) is 11.9 Å². The first-order valence-corrected chi connectivity index (χ1v) is 7.78. The maximum atomic E-state index is 12.0. The van der Waals surface area contributed by atoms with Crippen molar-refractivity contribution in [3.05, 3.63) is 29.8 Å². The van der Waals surface area contributed by atoms with Crippen LogP contribution in [0.5, 0.6) is 0 Å². The number of carboxylic acid groups (broad SMARTS) is 1. The molecule has 0 unspecified atom stereocenters. The summed E-state index contributed by atoms with van der Waals surface area (Å²) in [6.45, 7) is 2.43. The zero-order valence-electron chi connectivity index (χ0n) is 12.9. The highest BCUT2D eigenvalue weighted by atomic mass is 16.5. The third-order valence-corrected chi connectivity index (χ3v) is 3.89. The van der Waals surface area contributed by atoms with E-state index in [0.29, 0.717) is 12.8 Å². The number of anilines is 1. The van der Waals surface area contributed by atoms with Crippen molar-refractivity contribution >= 4 is 17.6 Å². The van der Waals surface area contributed by atoms with Crippen molar-refractivity contribution < 1.29 is 19.4 Å². The fourth-order valence-electron chi connectivity index (χ4n) is 2.55. The molecule has 1 saturated heterocycles. The molecular formula is C17H23NO4. The Morgan fingerprint density at radius 3 is 2.64 bits per heavy atom. The Morgan fingerprint density at radius 1 is 1.32 bits per heavy atom. The van der Waals surface area contributed by atoms with Gasteiger partial charge >= 0.3 is 5.97 Å². The summed E-state index contributed by atoms with van der Waals surface area (Å²) in [7, 11) is 0. The Labute approximate surface area is 130 Å². The molecule has 1 fully saturated rings. The van der Waals surface area contributed by atoms with Gasteiger partial charge in [0.25, 0.3) is 0 Å². The maximum absolute atomic E-state index is 12.0. The number of aliphatic carboxylic acids is 1. The normalized spacial score (nSPS) is 19.4. The van der Waals surface area contributed by atoms with Crippen LogP contribution in [0.1, 0.15) is 38.2 Å². The van der Waals surface area contributed by atoms with Crippen LogP contribution < -0.4 is 5.32 Å². The fourth-order valence-corrected chi connectivity index (χ4v) is 2.55. The van der Waals surface area contributed by atoms with Crippen LogP contribution in [-0.2, 0) is 20.7 Å². The fraction of sp³-hybridized carbons (Fsp3) is 0.529. The van der Waals surface area contributed by atoms with E-state index in [0.717, 1.165) is 37.1 Å². The number of nitrogens with one attached hydrogen (secondary N) is 1. The molecule has 1 aliphatic rings. The number of carbonyl (C=O) groups excluding carboxylic acids is 1. The summed E-state index contributed by atoms with van der Waals surface area (Å²) in [5.74, 6) is -1.26. The second-order valence-corrected chi connectivity index (χ2v) is 5.88. The molecule has 120 valence electrons. The number of hydrogen-bond donors (Lipinski definition) is 2. The summed E-state index contributed by atoms with van der Waals surface area (Å²) in [6, 6.07) is 7.32. The molecule has 0 bridgehead atoms. The van der Waals surface area contributed by atoms with Crippen LogP contribution >= 0.6 is 0 Å². The average molecular weight is 305 g/mol. The monoisotopic (exact) mass is 305 g/mol. The van der Waals surface area contributed by atoms with Crippen LogP contribution in [-0.4, -0.2) is 29.7 Å². The number of hydrogen-bond acceptors (Lipinski definition) is 3. The van der Waals surface area contributed by atoms with Crippen molar-refractivity contribution in [2.45, 2.75) is 45.1 Å². The molecule has 1 heterocycles. The van der Waals surface area contributed by atoms with Gasteiger partial charge in [-0.2, -0.15) is 0 Å². The number of carboxylic acids is 1. The summed E-state index contributed by atoms with van der Waals surface area (Å²) in [6.07, 6.45) is 4.05. The van der Waals surface area contributed by atoms with E-state index in [1.807, 2.05) is 24.3 Å². The number of rotatable bonds is 6. The first-order chi connectivity index (χ1) is 10.5. The molecule has 2 atom stereocenters. The molecule has 0 radical (unpaired) electrons. The Morgan fingerprint density at radius 2 is 2.05 bits per heavy atom. The van der Waals surface area contributed by atoms with Crippen molar-refractivity contribution in [1.82, 2.24) is 0 Å². The highest BCUT2D eigenvalue weighted by molar-refractivity contribution is 5.91. The first-order valence-electron chi connectivity index (χ1n) is 7.78. The number of amides is 1. The smallest absolute Gasteiger partial charge is 0.306 e. The van der Waals surface area contributed by atoms with E-state index in [1.54, 1.807) is 6.92 Å². The van der Waals surface area contributed by atoms with Crippen LogP contribution in [0.25, 0.3) is 0 Å². The quantitative estimate of drug-likeness (QED) is 0.847. The molecule has 1 aromatic rings. The Kier molecular flexibility index (Phi) is 5.95. The number of ether oxygens (including phenoxy) is 1. The third kappa shape index (κ3) is 5.15. The van der Waals surface area contributed by atoms with Gasteiger partial charge in [-0.25, -0.2) is 0 Å². The molecule has 22 heavy (non-hydrogen) atoms. The van der Waals surface area contributed by atoms with Crippen LogP contribution in [0.15, 0.2) is 24.3 Å². The van der Waals surface area contributed by atoms with E-state index in [-0.39, 0.29) is 12.0 Å². The SMILES string of the molecule is C[C@@H](Cc1ccc(NC(=O)C[C@@H]2CCCCO2)cc1)C(=O)O. The molecule has 1 amide bonds. The Bertz CT molecular complexity index is 506. The minimum atomic E-state index is -0.801. The highest BCUT2D eigenvalue weighted by Gasteiger charge is 2.17. The molecule has 0 aromatic heterocycles. The molecule has 2 rings (SSSR count). The zero-order chi connectivity index (χ0) is 15.9. The van der Waals surface area contributed by atoms with Crippen molar-refractivity contribution in [3.8, 4) is 0 Å². The lowest BCUT2D eigenvalue weighted by Crippen LogP contribution is -2.25. The number of benzene rings is 1. The maximum Gasteiger partial charge on any atom is 0.306 e. The second-order valence-electron chi connectivity index (χ2n) is 5.88. The largest absolute Gasteiger partial charge is 0.481 e. The molecule has 1 aliphatic heterocycles. The van der Waals surface area contributed by atoms with Gasteiger partial charge in [-0.3, -0.25) is 9.59 Å². The van der Waals surface area contributed by atoms with Crippen LogP contribution in [0.4, 0.5) is 5.69 Å². The van der Waals surface area contributed by atoms with Crippen molar-refractivity contribution in [2.24, 2.45) is 5.92 Å². The van der Waals surface area contributed by atoms with E-state index in [1.165, 1.54) is 0 Å². The van der Waals surface area contributed by atoms with Gasteiger partial charge in [0.15, 0.2) is 0 Å². The standard InChI is InChI=1S/C17H23NO4/c1-12(17(20)21)10-13-5-7-14(8-6-13)18-16(19)11-15-4-2-3-9-22-15/h5-8,12,15H,2-4,9-11H2,1H3,(H,18,19)(H,20,21)/t12-,15-/m0/s1. The van der Waals surface area contributed by atoms with Gasteiger partial charge < -0.3 is 15.2 Å². The van der Waals surface area contributed by atoms with E-state index in [2.05, 4.69) is 5.32 Å². The first kappa shape index (κ1) is 16.5. The predicted molar refractivity (Wildman–Crippen MR) is 83.8 cm³/mol. The topological polar surface area (TPSA) is 75.6 Å². The molecule has 0 aliphatic carbocycles. The van der Waals surface area contributed by atoms with Gasteiger partial charge in [-0.15, -0.1) is 0 Å². The van der Waals surface area contributed by atoms with Crippen LogP contribution in [0.2, 0.25) is 0 Å². The summed E-state index contributed by atoms with van der Waals surface area (Å²) >= 11 is 0.